The van der Waals surface area contributed by atoms with Gasteiger partial charge in [0, 0.05) is 43.0 Å². The highest BCUT2D eigenvalue weighted by Gasteiger charge is 2.31. The van der Waals surface area contributed by atoms with Crippen molar-refractivity contribution in [1.29, 1.82) is 0 Å². The Kier molecular flexibility index (Phi) is 5.71. The molecule has 2 N–H and O–H groups in total. The van der Waals surface area contributed by atoms with Crippen LogP contribution >= 0.6 is 0 Å². The fourth-order valence-corrected chi connectivity index (χ4v) is 3.21. The molecule has 2 atom stereocenters. The first-order chi connectivity index (χ1) is 13.0. The maximum absolute atomic E-state index is 12.5. The average Bonchev–Trinajstić information content (AvgIpc) is 2.69. The number of rotatable bonds is 4. The number of nitrogens with one attached hydrogen (secondary N) is 1. The van der Waals surface area contributed by atoms with Crippen molar-refractivity contribution in [3.63, 3.8) is 0 Å². The number of β-amino-alcohol motifs (C(OH)–C–C–N with tert-alkyl or cyclic N) is 1. The fraction of sp³-hybridized carbons (Fsp3) is 0.350. The van der Waals surface area contributed by atoms with Gasteiger partial charge in [-0.15, -0.1) is 0 Å². The Morgan fingerprint density at radius 3 is 2.56 bits per heavy atom. The van der Waals surface area contributed by atoms with E-state index in [1.54, 1.807) is 41.4 Å². The van der Waals surface area contributed by atoms with Gasteiger partial charge in [0.2, 0.25) is 0 Å². The van der Waals surface area contributed by atoms with Crippen LogP contribution in [0, 0.1) is 0 Å². The minimum atomic E-state index is -0.869. The lowest BCUT2D eigenvalue weighted by Gasteiger charge is -2.36. The van der Waals surface area contributed by atoms with E-state index < -0.39 is 18.1 Å². The molecule has 1 aliphatic heterocycles. The topological polar surface area (TPSA) is 91.6 Å². The zero-order valence-corrected chi connectivity index (χ0v) is 15.2. The molecule has 0 radical (unpaired) electrons. The van der Waals surface area contributed by atoms with Crippen molar-refractivity contribution in [3.8, 4) is 0 Å². The number of nitrogens with zero attached hydrogens (tertiary/aromatic N) is 2. The minimum Gasteiger partial charge on any atom is -0.389 e. The van der Waals surface area contributed by atoms with Crippen molar-refractivity contribution >= 4 is 11.8 Å². The maximum atomic E-state index is 12.5. The summed E-state index contributed by atoms with van der Waals surface area (Å²) in [5.74, 6) is -0.537. The molecule has 1 fully saturated rings. The van der Waals surface area contributed by atoms with Crippen LogP contribution in [-0.2, 0) is 6.54 Å². The van der Waals surface area contributed by atoms with Crippen LogP contribution in [0.3, 0.4) is 0 Å². The summed E-state index contributed by atoms with van der Waals surface area (Å²) in [6.07, 6.45) is 1.15. The summed E-state index contributed by atoms with van der Waals surface area (Å²) in [4.78, 5) is 38.3. The highest BCUT2D eigenvalue weighted by atomic mass is 16.3. The van der Waals surface area contributed by atoms with E-state index in [4.69, 9.17) is 0 Å². The van der Waals surface area contributed by atoms with Crippen LogP contribution in [-0.4, -0.2) is 51.6 Å². The standard InChI is InChI=1S/C20H23N3O4/c1-2-22-10-8-15(12-18(22)25)19(26)21-16-9-11-23(13-17(16)24)20(27)14-6-4-3-5-7-14/h3-8,10,12,16-17,24H,2,9,11,13H2,1H3,(H,21,26)/t16-,17-/m1/s1. The molecule has 7 nitrogen and oxygen atoms in total. The third-order valence-electron chi connectivity index (χ3n) is 4.81. The van der Waals surface area contributed by atoms with Crippen molar-refractivity contribution in [2.24, 2.45) is 0 Å². The lowest BCUT2D eigenvalue weighted by Crippen LogP contribution is -2.55. The second-order valence-corrected chi connectivity index (χ2v) is 6.59. The molecule has 1 aliphatic rings. The van der Waals surface area contributed by atoms with Gasteiger partial charge in [-0.1, -0.05) is 18.2 Å². The molecule has 0 unspecified atom stereocenters. The first-order valence-corrected chi connectivity index (χ1v) is 9.03. The first-order valence-electron chi connectivity index (χ1n) is 9.03. The number of aliphatic hydroxyl groups excluding tert-OH is 1. The quantitative estimate of drug-likeness (QED) is 0.837. The zero-order chi connectivity index (χ0) is 19.4. The van der Waals surface area contributed by atoms with Crippen molar-refractivity contribution in [1.82, 2.24) is 14.8 Å². The van der Waals surface area contributed by atoms with Crippen LogP contribution in [0.15, 0.2) is 53.5 Å². The summed E-state index contributed by atoms with van der Waals surface area (Å²) < 4.78 is 1.50. The molecule has 1 aromatic heterocycles. The largest absolute Gasteiger partial charge is 0.389 e. The first kappa shape index (κ1) is 18.8. The molecule has 1 aromatic carbocycles. The lowest BCUT2D eigenvalue weighted by atomic mass is 10.0. The number of pyridine rings is 1. The molecule has 2 heterocycles. The molecule has 27 heavy (non-hydrogen) atoms. The molecule has 0 saturated carbocycles. The average molecular weight is 369 g/mol. The predicted molar refractivity (Wildman–Crippen MR) is 101 cm³/mol. The van der Waals surface area contributed by atoms with E-state index in [0.717, 1.165) is 0 Å². The highest BCUT2D eigenvalue weighted by molar-refractivity contribution is 5.95. The molecule has 0 aliphatic carbocycles. The van der Waals surface area contributed by atoms with Crippen molar-refractivity contribution < 1.29 is 14.7 Å². The number of hydrogen-bond acceptors (Lipinski definition) is 4. The minimum absolute atomic E-state index is 0.136. The second kappa shape index (κ2) is 8.18. The summed E-state index contributed by atoms with van der Waals surface area (Å²) in [7, 11) is 0. The number of likely N-dealkylation sites (tertiary alicyclic amines) is 1. The number of carbonyl (C=O) groups is 2. The number of benzene rings is 1. The molecule has 3 rings (SSSR count). The van der Waals surface area contributed by atoms with E-state index in [1.807, 2.05) is 13.0 Å². The van der Waals surface area contributed by atoms with Gasteiger partial charge in [-0.25, -0.2) is 0 Å². The number of hydrogen-bond donors (Lipinski definition) is 2. The number of aliphatic hydroxyl groups is 1. The third-order valence-corrected chi connectivity index (χ3v) is 4.81. The highest BCUT2D eigenvalue weighted by Crippen LogP contribution is 2.15. The third kappa shape index (κ3) is 4.25. The molecule has 1 saturated heterocycles. The summed E-state index contributed by atoms with van der Waals surface area (Å²) in [5.41, 5.74) is 0.595. The maximum Gasteiger partial charge on any atom is 0.253 e. The number of aryl methyl sites for hydroxylation is 1. The van der Waals surface area contributed by atoms with Crippen LogP contribution in [0.5, 0.6) is 0 Å². The van der Waals surface area contributed by atoms with E-state index in [-0.39, 0.29) is 23.6 Å². The molecule has 0 bridgehead atoms. The Balaban J connectivity index is 1.61. The van der Waals surface area contributed by atoms with Gasteiger partial charge in [0.15, 0.2) is 0 Å². The van der Waals surface area contributed by atoms with E-state index in [2.05, 4.69) is 5.32 Å². The normalized spacial score (nSPS) is 19.6. The van der Waals surface area contributed by atoms with Crippen LogP contribution in [0.1, 0.15) is 34.1 Å². The Morgan fingerprint density at radius 1 is 1.19 bits per heavy atom. The molecule has 142 valence electrons. The van der Waals surface area contributed by atoms with E-state index in [0.29, 0.717) is 25.1 Å². The van der Waals surface area contributed by atoms with Gasteiger partial charge in [0.05, 0.1) is 12.1 Å². The van der Waals surface area contributed by atoms with E-state index >= 15 is 0 Å². The Labute approximate surface area is 157 Å². The Bertz CT molecular complexity index is 878. The molecule has 7 heteroatoms. The van der Waals surface area contributed by atoms with Gasteiger partial charge < -0.3 is 19.9 Å². The van der Waals surface area contributed by atoms with Gasteiger partial charge >= 0.3 is 0 Å². The fourth-order valence-electron chi connectivity index (χ4n) is 3.21. The Hall–Kier alpha value is -2.93. The van der Waals surface area contributed by atoms with Gasteiger partial charge in [0.1, 0.15) is 0 Å². The number of aromatic nitrogens is 1. The zero-order valence-electron chi connectivity index (χ0n) is 15.2. The number of amides is 2. The second-order valence-electron chi connectivity index (χ2n) is 6.59. The molecular formula is C20H23N3O4. The summed E-state index contributed by atoms with van der Waals surface area (Å²) >= 11 is 0. The predicted octanol–water partition coefficient (Wildman–Crippen LogP) is 0.874. The van der Waals surface area contributed by atoms with Crippen LogP contribution in [0.25, 0.3) is 0 Å². The van der Waals surface area contributed by atoms with Crippen LogP contribution < -0.4 is 10.9 Å². The lowest BCUT2D eigenvalue weighted by molar-refractivity contribution is 0.0315. The van der Waals surface area contributed by atoms with E-state index in [9.17, 15) is 19.5 Å². The molecule has 2 amide bonds. The molecule has 0 spiro atoms. The Morgan fingerprint density at radius 2 is 1.93 bits per heavy atom. The van der Waals surface area contributed by atoms with E-state index in [1.165, 1.54) is 10.6 Å². The number of piperidine rings is 1. The van der Waals surface area contributed by atoms with Crippen molar-refractivity contribution in [2.75, 3.05) is 13.1 Å². The molecule has 2 aromatic rings. The summed E-state index contributed by atoms with van der Waals surface area (Å²) in [6.45, 7) is 2.97. The number of carbonyl (C=O) groups excluding carboxylic acids is 2. The van der Waals surface area contributed by atoms with Gasteiger partial charge in [-0.3, -0.25) is 14.4 Å². The summed E-state index contributed by atoms with van der Waals surface area (Å²) in [6, 6.07) is 11.3. The van der Waals surface area contributed by atoms with Crippen molar-refractivity contribution in [2.45, 2.75) is 32.0 Å². The smallest absolute Gasteiger partial charge is 0.253 e. The monoisotopic (exact) mass is 369 g/mol. The van der Waals surface area contributed by atoms with Crippen LogP contribution in [0.2, 0.25) is 0 Å². The SMILES string of the molecule is CCn1ccc(C(=O)N[C@@H]2CCN(C(=O)c3ccccc3)C[C@H]2O)cc1=O. The van der Waals surface area contributed by atoms with Gasteiger partial charge in [-0.2, -0.15) is 0 Å². The van der Waals surface area contributed by atoms with Crippen LogP contribution in [0.4, 0.5) is 0 Å². The summed E-state index contributed by atoms with van der Waals surface area (Å²) in [5, 5.41) is 13.2. The van der Waals surface area contributed by atoms with Gasteiger partial charge in [0.25, 0.3) is 17.4 Å². The van der Waals surface area contributed by atoms with Gasteiger partial charge in [-0.05, 0) is 31.5 Å². The van der Waals surface area contributed by atoms with Crippen molar-refractivity contribution in [3.05, 3.63) is 70.1 Å². The molecular weight excluding hydrogens is 346 g/mol.